The molecule has 2 aromatic rings. The van der Waals surface area contributed by atoms with Gasteiger partial charge in [0.25, 0.3) is 5.91 Å². The van der Waals surface area contributed by atoms with Gasteiger partial charge in [0.1, 0.15) is 0 Å². The van der Waals surface area contributed by atoms with Gasteiger partial charge in [0, 0.05) is 11.6 Å². The van der Waals surface area contributed by atoms with E-state index in [2.05, 4.69) is 16.7 Å². The number of benzene rings is 2. The van der Waals surface area contributed by atoms with Crippen molar-refractivity contribution in [3.8, 4) is 5.75 Å². The summed E-state index contributed by atoms with van der Waals surface area (Å²) in [4.78, 5) is 35.0. The maximum Gasteiger partial charge on any atom is 0.311 e. The summed E-state index contributed by atoms with van der Waals surface area (Å²) >= 11 is 0. The number of carbonyl (C=O) groups is 2. The molecule has 28 heavy (non-hydrogen) atoms. The summed E-state index contributed by atoms with van der Waals surface area (Å²) in [6.07, 6.45) is 2.83. The Balaban J connectivity index is 1.60. The zero-order valence-corrected chi connectivity index (χ0v) is 15.4. The van der Waals surface area contributed by atoms with Crippen molar-refractivity contribution >= 4 is 17.5 Å². The molecule has 0 saturated carbocycles. The Morgan fingerprint density at radius 1 is 1.25 bits per heavy atom. The van der Waals surface area contributed by atoms with E-state index in [0.29, 0.717) is 0 Å². The molecule has 0 aliphatic heterocycles. The molecule has 146 valence electrons. The Morgan fingerprint density at radius 3 is 2.79 bits per heavy atom. The first-order valence-electron chi connectivity index (χ1n) is 8.97. The molecule has 1 atom stereocenters. The van der Waals surface area contributed by atoms with Gasteiger partial charge in [0.05, 0.1) is 24.6 Å². The number of nitrogens with zero attached hydrogens (tertiary/aromatic N) is 1. The van der Waals surface area contributed by atoms with E-state index in [-0.39, 0.29) is 35.5 Å². The van der Waals surface area contributed by atoms with Crippen molar-refractivity contribution in [1.29, 1.82) is 0 Å². The SMILES string of the molecule is COc1ccc(C(=O)NCC(=O)N[C@H]2CCCc3ccccc32)cc1[N+](=O)[O-]. The molecule has 3 rings (SSSR count). The van der Waals surface area contributed by atoms with Gasteiger partial charge in [-0.05, 0) is 42.5 Å². The largest absolute Gasteiger partial charge is 0.490 e. The molecule has 2 N–H and O–H groups in total. The van der Waals surface area contributed by atoms with E-state index in [1.54, 1.807) is 0 Å². The summed E-state index contributed by atoms with van der Waals surface area (Å²) in [6.45, 7) is -0.211. The number of methoxy groups -OCH3 is 1. The molecule has 0 heterocycles. The van der Waals surface area contributed by atoms with E-state index in [4.69, 9.17) is 4.74 Å². The van der Waals surface area contributed by atoms with Gasteiger partial charge in [-0.1, -0.05) is 24.3 Å². The molecule has 0 bridgehead atoms. The van der Waals surface area contributed by atoms with Crippen molar-refractivity contribution in [3.63, 3.8) is 0 Å². The van der Waals surface area contributed by atoms with E-state index in [1.165, 1.54) is 24.8 Å². The first kappa shape index (κ1) is 19.3. The summed E-state index contributed by atoms with van der Waals surface area (Å²) in [5.41, 5.74) is 2.12. The van der Waals surface area contributed by atoms with Crippen LogP contribution in [0.25, 0.3) is 0 Å². The monoisotopic (exact) mass is 383 g/mol. The van der Waals surface area contributed by atoms with Gasteiger partial charge in [-0.15, -0.1) is 0 Å². The van der Waals surface area contributed by atoms with Crippen LogP contribution in [0.1, 0.15) is 40.4 Å². The third-order valence-corrected chi connectivity index (χ3v) is 4.75. The van der Waals surface area contributed by atoms with Crippen molar-refractivity contribution in [2.45, 2.75) is 25.3 Å². The second-order valence-electron chi connectivity index (χ2n) is 6.54. The minimum Gasteiger partial charge on any atom is -0.490 e. The lowest BCUT2D eigenvalue weighted by Crippen LogP contribution is -2.39. The van der Waals surface area contributed by atoms with Gasteiger partial charge >= 0.3 is 5.69 Å². The van der Waals surface area contributed by atoms with E-state index in [9.17, 15) is 19.7 Å². The molecule has 0 aromatic heterocycles. The Hall–Kier alpha value is -3.42. The summed E-state index contributed by atoms with van der Waals surface area (Å²) in [7, 11) is 1.32. The van der Waals surface area contributed by atoms with Crippen molar-refractivity contribution in [2.75, 3.05) is 13.7 Å². The Bertz CT molecular complexity index is 912. The highest BCUT2D eigenvalue weighted by molar-refractivity contribution is 5.97. The second kappa shape index (κ2) is 8.51. The van der Waals surface area contributed by atoms with Crippen LogP contribution in [-0.4, -0.2) is 30.4 Å². The molecule has 0 saturated heterocycles. The lowest BCUT2D eigenvalue weighted by atomic mass is 9.88. The number of ether oxygens (including phenoxy) is 1. The van der Waals surface area contributed by atoms with Crippen molar-refractivity contribution < 1.29 is 19.2 Å². The van der Waals surface area contributed by atoms with Gasteiger partial charge in [0.2, 0.25) is 5.91 Å². The number of fused-ring (bicyclic) bond motifs is 1. The van der Waals surface area contributed by atoms with Crippen molar-refractivity contribution in [1.82, 2.24) is 10.6 Å². The van der Waals surface area contributed by atoms with Crippen LogP contribution in [0.15, 0.2) is 42.5 Å². The molecule has 1 aliphatic carbocycles. The summed E-state index contributed by atoms with van der Waals surface area (Å²) in [6, 6.07) is 11.8. The second-order valence-corrected chi connectivity index (χ2v) is 6.54. The van der Waals surface area contributed by atoms with Crippen LogP contribution in [0.5, 0.6) is 5.75 Å². The highest BCUT2D eigenvalue weighted by Gasteiger charge is 2.22. The molecule has 8 heteroatoms. The minimum atomic E-state index is -0.622. The molecular weight excluding hydrogens is 362 g/mol. The summed E-state index contributed by atoms with van der Waals surface area (Å²) in [5.74, 6) is -0.807. The van der Waals surface area contributed by atoms with Crippen LogP contribution < -0.4 is 15.4 Å². The average molecular weight is 383 g/mol. The number of nitro groups is 1. The molecule has 8 nitrogen and oxygen atoms in total. The number of hydrogen-bond acceptors (Lipinski definition) is 5. The average Bonchev–Trinajstić information content (AvgIpc) is 2.71. The van der Waals surface area contributed by atoms with Gasteiger partial charge in [0.15, 0.2) is 5.75 Å². The fourth-order valence-corrected chi connectivity index (χ4v) is 3.39. The lowest BCUT2D eigenvalue weighted by molar-refractivity contribution is -0.385. The van der Waals surface area contributed by atoms with Gasteiger partial charge in [-0.3, -0.25) is 19.7 Å². The zero-order valence-electron chi connectivity index (χ0n) is 15.4. The normalized spacial score (nSPS) is 15.2. The van der Waals surface area contributed by atoms with E-state index < -0.39 is 10.8 Å². The van der Waals surface area contributed by atoms with Crippen LogP contribution in [-0.2, 0) is 11.2 Å². The molecule has 0 radical (unpaired) electrons. The van der Waals surface area contributed by atoms with Crippen LogP contribution >= 0.6 is 0 Å². The third-order valence-electron chi connectivity index (χ3n) is 4.75. The highest BCUT2D eigenvalue weighted by Crippen LogP contribution is 2.29. The number of nitro benzene ring substituents is 1. The molecule has 0 spiro atoms. The molecule has 1 aliphatic rings. The molecule has 2 amide bonds. The standard InChI is InChI=1S/C20H21N3O5/c1-28-18-10-9-14(11-17(18)23(26)27)20(25)21-12-19(24)22-16-8-4-6-13-5-2-3-7-15(13)16/h2-3,5,7,9-11,16H,4,6,8,12H2,1H3,(H,21,25)(H,22,24)/t16-/m0/s1. The lowest BCUT2D eigenvalue weighted by Gasteiger charge is -2.26. The predicted molar refractivity (Wildman–Crippen MR) is 102 cm³/mol. The van der Waals surface area contributed by atoms with Gasteiger partial charge < -0.3 is 15.4 Å². The Kier molecular flexibility index (Phi) is 5.88. The number of carbonyl (C=O) groups excluding carboxylic acids is 2. The Morgan fingerprint density at radius 2 is 2.04 bits per heavy atom. The Labute approximate surface area is 162 Å². The molecule has 0 unspecified atom stereocenters. The van der Waals surface area contributed by atoms with Crippen LogP contribution in [0.2, 0.25) is 0 Å². The fourth-order valence-electron chi connectivity index (χ4n) is 3.39. The van der Waals surface area contributed by atoms with Crippen molar-refractivity contribution in [2.24, 2.45) is 0 Å². The molecule has 0 fully saturated rings. The number of rotatable bonds is 6. The quantitative estimate of drug-likeness (QED) is 0.588. The fraction of sp³-hybridized carbons (Fsp3) is 0.300. The topological polar surface area (TPSA) is 111 Å². The zero-order chi connectivity index (χ0) is 20.1. The highest BCUT2D eigenvalue weighted by atomic mass is 16.6. The van der Waals surface area contributed by atoms with Crippen LogP contribution in [0, 0.1) is 10.1 Å². The van der Waals surface area contributed by atoms with Crippen molar-refractivity contribution in [3.05, 3.63) is 69.3 Å². The number of hydrogen-bond donors (Lipinski definition) is 2. The first-order valence-corrected chi connectivity index (χ1v) is 8.97. The molecular formula is C20H21N3O5. The molecule has 2 aromatic carbocycles. The summed E-state index contributed by atoms with van der Waals surface area (Å²) < 4.78 is 4.92. The van der Waals surface area contributed by atoms with E-state index in [1.807, 2.05) is 18.2 Å². The minimum absolute atomic E-state index is 0.0651. The smallest absolute Gasteiger partial charge is 0.311 e. The van der Waals surface area contributed by atoms with Crippen LogP contribution in [0.4, 0.5) is 5.69 Å². The first-order chi connectivity index (χ1) is 13.5. The summed E-state index contributed by atoms with van der Waals surface area (Å²) in [5, 5.41) is 16.5. The van der Waals surface area contributed by atoms with Gasteiger partial charge in [-0.2, -0.15) is 0 Å². The van der Waals surface area contributed by atoms with Gasteiger partial charge in [-0.25, -0.2) is 0 Å². The maximum absolute atomic E-state index is 12.3. The predicted octanol–water partition coefficient (Wildman–Crippen LogP) is 2.53. The van der Waals surface area contributed by atoms with E-state index in [0.717, 1.165) is 30.9 Å². The number of aryl methyl sites for hydroxylation is 1. The maximum atomic E-state index is 12.3. The van der Waals surface area contributed by atoms with E-state index >= 15 is 0 Å². The number of nitrogens with one attached hydrogen (secondary N) is 2. The number of amides is 2. The third kappa shape index (κ3) is 4.28. The van der Waals surface area contributed by atoms with Crippen LogP contribution in [0.3, 0.4) is 0 Å².